The molecule has 3 N–H and O–H groups in total. The molecular formula is C10H10FN3O. The number of halogens is 1. The summed E-state index contributed by atoms with van der Waals surface area (Å²) in [6, 6.07) is 5.85. The third-order valence-electron chi connectivity index (χ3n) is 1.72. The summed E-state index contributed by atoms with van der Waals surface area (Å²) in [6.07, 6.45) is 0. The molecule has 0 aromatic heterocycles. The van der Waals surface area contributed by atoms with Crippen LogP contribution in [0.2, 0.25) is 0 Å². The lowest BCUT2D eigenvalue weighted by Crippen LogP contribution is -2.28. The lowest BCUT2D eigenvalue weighted by atomic mass is 10.1. The number of nitrogens with zero attached hydrogens (tertiary/aromatic N) is 1. The molecule has 0 aliphatic carbocycles. The molecule has 0 saturated heterocycles. The molecule has 1 amide bonds. The van der Waals surface area contributed by atoms with Gasteiger partial charge in [0.1, 0.15) is 5.82 Å². The monoisotopic (exact) mass is 207 g/mol. The normalized spacial score (nSPS) is 9.60. The van der Waals surface area contributed by atoms with Crippen LogP contribution < -0.4 is 11.1 Å². The summed E-state index contributed by atoms with van der Waals surface area (Å²) in [5, 5.41) is 11.3. The van der Waals surface area contributed by atoms with E-state index in [-0.39, 0.29) is 12.1 Å². The lowest BCUT2D eigenvalue weighted by molar-refractivity contribution is -0.117. The van der Waals surface area contributed by atoms with Crippen LogP contribution in [0.4, 0.5) is 4.39 Å². The van der Waals surface area contributed by atoms with Gasteiger partial charge in [0.15, 0.2) is 0 Å². The highest BCUT2D eigenvalue weighted by Crippen LogP contribution is 2.07. The number of benzene rings is 1. The summed E-state index contributed by atoms with van der Waals surface area (Å²) in [6.45, 7) is 0.327. The van der Waals surface area contributed by atoms with Crippen LogP contribution in [-0.4, -0.2) is 12.5 Å². The fourth-order valence-electron chi connectivity index (χ4n) is 1.15. The molecule has 1 rings (SSSR count). The molecule has 0 bridgehead atoms. The van der Waals surface area contributed by atoms with Crippen molar-refractivity contribution < 1.29 is 9.18 Å². The molecule has 0 heterocycles. The minimum atomic E-state index is -0.480. The van der Waals surface area contributed by atoms with E-state index in [1.807, 2.05) is 6.07 Å². The van der Waals surface area contributed by atoms with Gasteiger partial charge >= 0.3 is 0 Å². The van der Waals surface area contributed by atoms with Crippen molar-refractivity contribution in [3.8, 4) is 6.07 Å². The predicted octanol–water partition coefficient (Wildman–Crippen LogP) is 0.272. The molecule has 4 nitrogen and oxygen atoms in total. The summed E-state index contributed by atoms with van der Waals surface area (Å²) in [5.74, 6) is -0.947. The second-order valence-corrected chi connectivity index (χ2v) is 3.03. The molecule has 0 aliphatic rings. The summed E-state index contributed by atoms with van der Waals surface area (Å²) in [5.41, 5.74) is 5.77. The van der Waals surface area contributed by atoms with Gasteiger partial charge in [-0.1, -0.05) is 0 Å². The lowest BCUT2D eigenvalue weighted by Gasteiger charge is -2.03. The standard InChI is InChI=1S/C10H10FN3O/c11-9-2-7(4-12)1-8(3-9)5-14-6-10(13)15/h1-3,14H,5-6H2,(H2,13,15). The summed E-state index contributed by atoms with van der Waals surface area (Å²) < 4.78 is 12.9. The van der Waals surface area contributed by atoms with Crippen LogP contribution in [0.3, 0.4) is 0 Å². The van der Waals surface area contributed by atoms with Crippen molar-refractivity contribution in [2.24, 2.45) is 5.73 Å². The van der Waals surface area contributed by atoms with E-state index >= 15 is 0 Å². The molecule has 1 aromatic rings. The highest BCUT2D eigenvalue weighted by Gasteiger charge is 2.00. The van der Waals surface area contributed by atoms with Crippen molar-refractivity contribution in [2.45, 2.75) is 6.54 Å². The number of rotatable bonds is 4. The SMILES string of the molecule is N#Cc1cc(F)cc(CNCC(N)=O)c1. The quantitative estimate of drug-likeness (QED) is 0.743. The Morgan fingerprint density at radius 2 is 2.27 bits per heavy atom. The Bertz CT molecular complexity index is 412. The Morgan fingerprint density at radius 1 is 1.53 bits per heavy atom. The molecule has 0 fully saturated rings. The van der Waals surface area contributed by atoms with Gasteiger partial charge in [0.2, 0.25) is 5.91 Å². The van der Waals surface area contributed by atoms with Crippen LogP contribution >= 0.6 is 0 Å². The zero-order valence-corrected chi connectivity index (χ0v) is 7.96. The fourth-order valence-corrected chi connectivity index (χ4v) is 1.15. The smallest absolute Gasteiger partial charge is 0.231 e. The van der Waals surface area contributed by atoms with Crippen LogP contribution in [0.25, 0.3) is 0 Å². The number of nitrogens with one attached hydrogen (secondary N) is 1. The van der Waals surface area contributed by atoms with Gasteiger partial charge in [-0.15, -0.1) is 0 Å². The largest absolute Gasteiger partial charge is 0.369 e. The average Bonchev–Trinajstić information content (AvgIpc) is 2.16. The molecule has 78 valence electrons. The summed E-state index contributed by atoms with van der Waals surface area (Å²) in [4.78, 5) is 10.4. The minimum absolute atomic E-state index is 0.0262. The van der Waals surface area contributed by atoms with Gasteiger partial charge in [-0.3, -0.25) is 4.79 Å². The van der Waals surface area contributed by atoms with Crippen molar-refractivity contribution >= 4 is 5.91 Å². The van der Waals surface area contributed by atoms with Gasteiger partial charge in [0, 0.05) is 6.54 Å². The third-order valence-corrected chi connectivity index (χ3v) is 1.72. The maximum atomic E-state index is 12.9. The zero-order chi connectivity index (χ0) is 11.3. The number of carbonyl (C=O) groups excluding carboxylic acids is 1. The average molecular weight is 207 g/mol. The number of carbonyl (C=O) groups is 1. The number of hydrogen-bond acceptors (Lipinski definition) is 3. The van der Waals surface area contributed by atoms with Gasteiger partial charge in [-0.25, -0.2) is 4.39 Å². The van der Waals surface area contributed by atoms with Crippen molar-refractivity contribution in [2.75, 3.05) is 6.54 Å². The first-order valence-corrected chi connectivity index (χ1v) is 4.30. The van der Waals surface area contributed by atoms with E-state index in [1.54, 1.807) is 6.07 Å². The number of nitrogens with two attached hydrogens (primary N) is 1. The van der Waals surface area contributed by atoms with Crippen LogP contribution in [0.5, 0.6) is 0 Å². The second kappa shape index (κ2) is 5.08. The Kier molecular flexibility index (Phi) is 3.77. The molecule has 0 unspecified atom stereocenters. The van der Waals surface area contributed by atoms with Gasteiger partial charge in [-0.05, 0) is 23.8 Å². The van der Waals surface area contributed by atoms with Crippen molar-refractivity contribution in [3.63, 3.8) is 0 Å². The Morgan fingerprint density at radius 3 is 2.87 bits per heavy atom. The summed E-state index contributed by atoms with van der Waals surface area (Å²) >= 11 is 0. The molecule has 0 aliphatic heterocycles. The molecule has 15 heavy (non-hydrogen) atoms. The van der Waals surface area contributed by atoms with E-state index in [9.17, 15) is 9.18 Å². The first-order valence-electron chi connectivity index (χ1n) is 4.30. The Hall–Kier alpha value is -1.93. The van der Waals surface area contributed by atoms with Gasteiger partial charge in [0.25, 0.3) is 0 Å². The Labute approximate surface area is 86.5 Å². The van der Waals surface area contributed by atoms with Crippen molar-refractivity contribution in [3.05, 3.63) is 35.1 Å². The molecular weight excluding hydrogens is 197 g/mol. The second-order valence-electron chi connectivity index (χ2n) is 3.03. The molecule has 1 aromatic carbocycles. The fraction of sp³-hybridized carbons (Fsp3) is 0.200. The van der Waals surface area contributed by atoms with Crippen LogP contribution in [0, 0.1) is 17.1 Å². The highest BCUT2D eigenvalue weighted by molar-refractivity contribution is 5.75. The van der Waals surface area contributed by atoms with Crippen LogP contribution in [0.15, 0.2) is 18.2 Å². The maximum absolute atomic E-state index is 12.9. The summed E-state index contributed by atoms with van der Waals surface area (Å²) in [7, 11) is 0. The van der Waals surface area contributed by atoms with Crippen LogP contribution in [0.1, 0.15) is 11.1 Å². The van der Waals surface area contributed by atoms with Gasteiger partial charge in [0.05, 0.1) is 18.2 Å². The van der Waals surface area contributed by atoms with E-state index in [0.717, 1.165) is 6.07 Å². The van der Waals surface area contributed by atoms with Crippen molar-refractivity contribution in [1.29, 1.82) is 5.26 Å². The molecule has 0 spiro atoms. The van der Waals surface area contributed by atoms with E-state index in [1.165, 1.54) is 6.07 Å². The van der Waals surface area contributed by atoms with Gasteiger partial charge < -0.3 is 11.1 Å². The highest BCUT2D eigenvalue weighted by atomic mass is 19.1. The number of nitriles is 1. The minimum Gasteiger partial charge on any atom is -0.369 e. The number of hydrogen-bond donors (Lipinski definition) is 2. The molecule has 0 saturated carbocycles. The van der Waals surface area contributed by atoms with Crippen LogP contribution in [-0.2, 0) is 11.3 Å². The predicted molar refractivity (Wildman–Crippen MR) is 52.0 cm³/mol. The maximum Gasteiger partial charge on any atom is 0.231 e. The van der Waals surface area contributed by atoms with E-state index in [4.69, 9.17) is 11.0 Å². The number of amides is 1. The molecule has 0 radical (unpaired) electrons. The first-order chi connectivity index (χ1) is 7.11. The van der Waals surface area contributed by atoms with E-state index < -0.39 is 11.7 Å². The molecule has 5 heteroatoms. The zero-order valence-electron chi connectivity index (χ0n) is 7.96. The molecule has 0 atom stereocenters. The van der Waals surface area contributed by atoms with E-state index in [0.29, 0.717) is 12.1 Å². The number of primary amides is 1. The van der Waals surface area contributed by atoms with Crippen molar-refractivity contribution in [1.82, 2.24) is 5.32 Å². The third kappa shape index (κ3) is 3.75. The van der Waals surface area contributed by atoms with E-state index in [2.05, 4.69) is 5.32 Å². The topological polar surface area (TPSA) is 78.9 Å². The Balaban J connectivity index is 2.65. The van der Waals surface area contributed by atoms with Gasteiger partial charge in [-0.2, -0.15) is 5.26 Å². The first kappa shape index (κ1) is 11.1.